The molecule has 0 bridgehead atoms. The van der Waals surface area contributed by atoms with E-state index in [2.05, 4.69) is 13.0 Å². The largest absolute Gasteiger partial charge is 1.00 e. The number of hydrogen-bond acceptors (Lipinski definition) is 9. The molecule has 4 aliphatic rings. The van der Waals surface area contributed by atoms with E-state index in [-0.39, 0.29) is 88.7 Å². The zero-order valence-corrected chi connectivity index (χ0v) is 26.2. The molecule has 34 heavy (non-hydrogen) atoms. The quantitative estimate of drug-likeness (QED) is 0.152. The van der Waals surface area contributed by atoms with Gasteiger partial charge in [0.15, 0.2) is 5.78 Å². The maximum absolute atomic E-state index is 12.7. The van der Waals surface area contributed by atoms with Crippen molar-refractivity contribution in [2.24, 2.45) is 28.6 Å². The second-order valence-electron chi connectivity index (χ2n) is 10.5. The normalized spacial score (nSPS) is 41.6. The summed E-state index contributed by atoms with van der Waals surface area (Å²) >= 11 is 0. The number of allylic oxidation sites excluding steroid dienone is 1. The average molecular weight is 537 g/mol. The standard InChI is InChI=1S/C21H32O9S2.2Na/c1-13(22)21(30-32(26,27)28)11-8-18-16-5-4-14-12-15(29-31(23,24)25)6-9-19(14,2)17(16)7-10-20(18,21)3;;/h4,15-18H,5-12H2,1-3H3,(H,23,24,25)(H,26,27,28);;/q;2*+1/p-2/t15-,16+,17-,18-,19-,20-,21-;;/m0../s1. The minimum absolute atomic E-state index is 0. The Hall–Kier alpha value is 1.15. The Morgan fingerprint density at radius 2 is 1.59 bits per heavy atom. The Morgan fingerprint density at radius 3 is 2.15 bits per heavy atom. The minimum Gasteiger partial charge on any atom is -0.726 e. The molecule has 0 aromatic carbocycles. The molecule has 0 aliphatic heterocycles. The van der Waals surface area contributed by atoms with Crippen LogP contribution in [-0.2, 0) is 34.0 Å². The van der Waals surface area contributed by atoms with Crippen LogP contribution in [0.15, 0.2) is 11.6 Å². The summed E-state index contributed by atoms with van der Waals surface area (Å²) in [6.45, 7) is 5.36. The van der Waals surface area contributed by atoms with Crippen LogP contribution in [-0.4, -0.2) is 43.4 Å². The average Bonchev–Trinajstić information content (AvgIpc) is 2.93. The van der Waals surface area contributed by atoms with Crippen LogP contribution in [0.25, 0.3) is 0 Å². The van der Waals surface area contributed by atoms with Crippen molar-refractivity contribution in [1.29, 1.82) is 0 Å². The zero-order valence-electron chi connectivity index (χ0n) is 20.5. The molecule has 0 unspecified atom stereocenters. The second-order valence-corrected chi connectivity index (χ2v) is 12.5. The van der Waals surface area contributed by atoms with Crippen LogP contribution in [0, 0.1) is 28.6 Å². The maximum atomic E-state index is 12.7. The van der Waals surface area contributed by atoms with Gasteiger partial charge in [-0.3, -0.25) is 13.2 Å². The summed E-state index contributed by atoms with van der Waals surface area (Å²) < 4.78 is 77.5. The van der Waals surface area contributed by atoms with Gasteiger partial charge in [0.05, 0.1) is 6.10 Å². The van der Waals surface area contributed by atoms with E-state index in [1.54, 1.807) is 0 Å². The molecule has 0 N–H and O–H groups in total. The molecule has 0 saturated heterocycles. The molecule has 182 valence electrons. The smallest absolute Gasteiger partial charge is 0.726 e. The van der Waals surface area contributed by atoms with Crippen LogP contribution < -0.4 is 59.1 Å². The van der Waals surface area contributed by atoms with Crippen LogP contribution in [0.2, 0.25) is 0 Å². The van der Waals surface area contributed by atoms with Crippen molar-refractivity contribution in [3.63, 3.8) is 0 Å². The SMILES string of the molecule is CC(=O)[C@@]1(OS(=O)(=O)[O-])CC[C@H]2[C@@H]3CC=C4C[C@@H](OS(=O)(=O)[O-])CC[C@]4(C)[C@H]3CC[C@@]21C.[Na+].[Na+]. The third kappa shape index (κ3) is 5.33. The molecule has 3 fully saturated rings. The predicted molar refractivity (Wildman–Crippen MR) is 110 cm³/mol. The fourth-order valence-electron chi connectivity index (χ4n) is 7.82. The van der Waals surface area contributed by atoms with Gasteiger partial charge < -0.3 is 9.11 Å². The number of fused-ring (bicyclic) bond motifs is 5. The van der Waals surface area contributed by atoms with E-state index in [9.17, 15) is 30.7 Å². The van der Waals surface area contributed by atoms with E-state index in [1.165, 1.54) is 6.92 Å². The van der Waals surface area contributed by atoms with Gasteiger partial charge in [-0.2, -0.15) is 0 Å². The Balaban J connectivity index is 0.00000204. The van der Waals surface area contributed by atoms with Gasteiger partial charge in [-0.05, 0) is 81.5 Å². The van der Waals surface area contributed by atoms with E-state index in [4.69, 9.17) is 8.37 Å². The van der Waals surface area contributed by atoms with Gasteiger partial charge in [0.1, 0.15) is 5.60 Å². The summed E-state index contributed by atoms with van der Waals surface area (Å²) in [5, 5.41) is 0. The number of Topliss-reactive ketones (excluding diaryl/α,β-unsaturated/α-hetero) is 1. The summed E-state index contributed by atoms with van der Waals surface area (Å²) in [7, 11) is -9.81. The summed E-state index contributed by atoms with van der Waals surface area (Å²) in [6.07, 6.45) is 5.85. The van der Waals surface area contributed by atoms with E-state index in [0.717, 1.165) is 12.0 Å². The van der Waals surface area contributed by atoms with Gasteiger partial charge in [0, 0.05) is 5.41 Å². The van der Waals surface area contributed by atoms with Crippen molar-refractivity contribution in [3.8, 4) is 0 Å². The maximum Gasteiger partial charge on any atom is 1.00 e. The topological polar surface area (TPSA) is 150 Å². The molecule has 4 rings (SSSR count). The van der Waals surface area contributed by atoms with Crippen molar-refractivity contribution in [2.75, 3.05) is 0 Å². The molecule has 4 aliphatic carbocycles. The summed E-state index contributed by atoms with van der Waals surface area (Å²) in [4.78, 5) is 12.7. The monoisotopic (exact) mass is 536 g/mol. The third-order valence-corrected chi connectivity index (χ3v) is 10.2. The van der Waals surface area contributed by atoms with Crippen LogP contribution >= 0.6 is 0 Å². The van der Waals surface area contributed by atoms with Gasteiger partial charge in [0.25, 0.3) is 0 Å². The number of carbonyl (C=O) groups excluding carboxylic acids is 1. The van der Waals surface area contributed by atoms with Crippen molar-refractivity contribution in [1.82, 2.24) is 0 Å². The van der Waals surface area contributed by atoms with Crippen LogP contribution in [0.5, 0.6) is 0 Å². The minimum atomic E-state index is -5.05. The first-order valence-corrected chi connectivity index (χ1v) is 13.8. The van der Waals surface area contributed by atoms with E-state index < -0.39 is 43.7 Å². The van der Waals surface area contributed by atoms with Crippen molar-refractivity contribution in [2.45, 2.75) is 83.8 Å². The molecule has 0 heterocycles. The molecule has 0 aromatic heterocycles. The first-order valence-electron chi connectivity index (χ1n) is 11.1. The van der Waals surface area contributed by atoms with Crippen molar-refractivity contribution < 1.29 is 98.2 Å². The molecule has 7 atom stereocenters. The van der Waals surface area contributed by atoms with Crippen molar-refractivity contribution in [3.05, 3.63) is 11.6 Å². The molecular formula is C21H30Na2O9S2. The van der Waals surface area contributed by atoms with Crippen LogP contribution in [0.3, 0.4) is 0 Å². The van der Waals surface area contributed by atoms with Gasteiger partial charge in [-0.1, -0.05) is 25.5 Å². The summed E-state index contributed by atoms with van der Waals surface area (Å²) in [5.41, 5.74) is -1.45. The second kappa shape index (κ2) is 10.4. The molecule has 0 amide bonds. The zero-order chi connectivity index (χ0) is 23.7. The van der Waals surface area contributed by atoms with Gasteiger partial charge in [-0.25, -0.2) is 16.8 Å². The molecule has 0 spiro atoms. The predicted octanol–water partition coefficient (Wildman–Crippen LogP) is -3.39. The molecule has 0 aromatic rings. The fourth-order valence-corrected chi connectivity index (χ4v) is 9.06. The fraction of sp³-hybridized carbons (Fsp3) is 0.857. The first kappa shape index (κ1) is 31.4. The molecule has 9 nitrogen and oxygen atoms in total. The van der Waals surface area contributed by atoms with Gasteiger partial charge in [-0.15, -0.1) is 0 Å². The van der Waals surface area contributed by atoms with E-state index in [1.807, 2.05) is 6.92 Å². The molecular weight excluding hydrogens is 506 g/mol. The third-order valence-electron chi connectivity index (χ3n) is 9.25. The van der Waals surface area contributed by atoms with Gasteiger partial charge >= 0.3 is 59.1 Å². The summed E-state index contributed by atoms with van der Waals surface area (Å²) in [6, 6.07) is 0. The van der Waals surface area contributed by atoms with E-state index >= 15 is 0 Å². The van der Waals surface area contributed by atoms with E-state index in [0.29, 0.717) is 38.5 Å². The summed E-state index contributed by atoms with van der Waals surface area (Å²) in [5.74, 6) is 0.0759. The Morgan fingerprint density at radius 1 is 0.971 bits per heavy atom. The van der Waals surface area contributed by atoms with Crippen LogP contribution in [0.4, 0.5) is 0 Å². The Kier molecular flexibility index (Phi) is 9.57. The molecule has 0 radical (unpaired) electrons. The number of ketones is 1. The number of hydrogen-bond donors (Lipinski definition) is 0. The Bertz CT molecular complexity index is 1060. The molecule has 3 saturated carbocycles. The first-order chi connectivity index (χ1) is 14.6. The van der Waals surface area contributed by atoms with Crippen LogP contribution in [0.1, 0.15) is 72.1 Å². The van der Waals surface area contributed by atoms with Gasteiger partial charge in [0.2, 0.25) is 20.8 Å². The number of rotatable bonds is 5. The van der Waals surface area contributed by atoms with Crippen molar-refractivity contribution >= 4 is 26.6 Å². The number of carbonyl (C=O) groups is 1. The Labute approximate surface area is 246 Å². The molecule has 13 heteroatoms.